The Balaban J connectivity index is 1.60. The number of primary amides is 1. The van der Waals surface area contributed by atoms with Crippen LogP contribution in [-0.4, -0.2) is 59.9 Å². The van der Waals surface area contributed by atoms with Gasteiger partial charge in [-0.05, 0) is 41.6 Å². The molecule has 40 heavy (non-hydrogen) atoms. The zero-order valence-electron chi connectivity index (χ0n) is 22.1. The van der Waals surface area contributed by atoms with Gasteiger partial charge < -0.3 is 30.9 Å². The summed E-state index contributed by atoms with van der Waals surface area (Å²) >= 11 is 0. The zero-order valence-corrected chi connectivity index (χ0v) is 22.1. The fourth-order valence-corrected chi connectivity index (χ4v) is 3.87. The summed E-state index contributed by atoms with van der Waals surface area (Å²) in [7, 11) is 0. The molecule has 11 nitrogen and oxygen atoms in total. The Labute approximate surface area is 230 Å². The van der Waals surface area contributed by atoms with Crippen molar-refractivity contribution < 1.29 is 38.6 Å². The van der Waals surface area contributed by atoms with Gasteiger partial charge in [0.05, 0.1) is 6.42 Å². The molecule has 0 saturated heterocycles. The number of hydrogen-bond donors (Lipinski definition) is 4. The molecule has 0 unspecified atom stereocenters. The summed E-state index contributed by atoms with van der Waals surface area (Å²) in [4.78, 5) is 61.1. The largest absolute Gasteiger partial charge is 0.486 e. The van der Waals surface area contributed by atoms with Gasteiger partial charge in [-0.3, -0.25) is 24.0 Å². The van der Waals surface area contributed by atoms with Crippen LogP contribution in [0.2, 0.25) is 0 Å². The van der Waals surface area contributed by atoms with E-state index in [2.05, 4.69) is 10.6 Å². The van der Waals surface area contributed by atoms with E-state index in [0.29, 0.717) is 5.75 Å². The molecular weight excluding hydrogens is 518 g/mol. The van der Waals surface area contributed by atoms with Crippen LogP contribution in [0.3, 0.4) is 0 Å². The number of nitrogens with two attached hydrogens (primary N) is 1. The second-order valence-electron chi connectivity index (χ2n) is 9.36. The van der Waals surface area contributed by atoms with Gasteiger partial charge >= 0.3 is 5.97 Å². The Bertz CT molecular complexity index is 1380. The predicted octanol–water partition coefficient (Wildman–Crippen LogP) is 2.07. The fourth-order valence-electron chi connectivity index (χ4n) is 3.87. The van der Waals surface area contributed by atoms with Gasteiger partial charge in [-0.1, -0.05) is 50.2 Å². The molecule has 3 aromatic rings. The standard InChI is InChI=1S/C29H31N3O8/c1-17(2)27(32-25(34)16-40-24-9-5-7-18-6-3-4-8-21(18)24)29(38)31-22(14-26(35)36)23(33)15-39-20-12-10-19(11-13-20)28(30)37/h3-13,17,22,27H,14-16H2,1-2H3,(H2,30,37)(H,31,38)(H,32,34)(H,35,36)/t22-,27-/m0/s1. The van der Waals surface area contributed by atoms with Gasteiger partial charge in [0.1, 0.15) is 30.2 Å². The van der Waals surface area contributed by atoms with Crippen molar-refractivity contribution in [3.63, 3.8) is 0 Å². The lowest BCUT2D eigenvalue weighted by Crippen LogP contribution is -2.55. The molecule has 3 amide bonds. The predicted molar refractivity (Wildman–Crippen MR) is 146 cm³/mol. The molecule has 0 aliphatic carbocycles. The molecule has 0 bridgehead atoms. The maximum Gasteiger partial charge on any atom is 0.305 e. The number of hydrogen-bond acceptors (Lipinski definition) is 7. The number of carbonyl (C=O) groups is 5. The molecule has 0 spiro atoms. The number of rotatable bonds is 14. The van der Waals surface area contributed by atoms with Gasteiger partial charge in [0.25, 0.3) is 5.91 Å². The van der Waals surface area contributed by atoms with Crippen LogP contribution in [0, 0.1) is 5.92 Å². The van der Waals surface area contributed by atoms with E-state index in [1.54, 1.807) is 26.0 Å². The van der Waals surface area contributed by atoms with Crippen LogP contribution < -0.4 is 25.8 Å². The van der Waals surface area contributed by atoms with Crippen molar-refractivity contribution in [2.75, 3.05) is 13.2 Å². The summed E-state index contributed by atoms with van der Waals surface area (Å²) in [6, 6.07) is 16.2. The highest BCUT2D eigenvalue weighted by Crippen LogP contribution is 2.25. The van der Waals surface area contributed by atoms with E-state index < -0.39 is 54.6 Å². The van der Waals surface area contributed by atoms with Crippen molar-refractivity contribution in [2.24, 2.45) is 11.7 Å². The third-order valence-corrected chi connectivity index (χ3v) is 5.98. The lowest BCUT2D eigenvalue weighted by Gasteiger charge is -2.24. The smallest absolute Gasteiger partial charge is 0.305 e. The first-order valence-corrected chi connectivity index (χ1v) is 12.5. The fraction of sp³-hybridized carbons (Fsp3) is 0.276. The first-order chi connectivity index (χ1) is 19.0. The normalized spacial score (nSPS) is 12.3. The van der Waals surface area contributed by atoms with Crippen LogP contribution in [0.25, 0.3) is 10.8 Å². The summed E-state index contributed by atoms with van der Waals surface area (Å²) in [5, 5.41) is 16.1. The first kappa shape index (κ1) is 29.6. The zero-order chi connectivity index (χ0) is 29.2. The van der Waals surface area contributed by atoms with Crippen molar-refractivity contribution in [1.29, 1.82) is 0 Å². The Morgan fingerprint density at radius 1 is 0.850 bits per heavy atom. The second kappa shape index (κ2) is 13.7. The van der Waals surface area contributed by atoms with Crippen LogP contribution in [0.1, 0.15) is 30.6 Å². The molecule has 210 valence electrons. The van der Waals surface area contributed by atoms with Gasteiger partial charge in [0.15, 0.2) is 12.4 Å². The molecule has 3 aromatic carbocycles. The van der Waals surface area contributed by atoms with Crippen LogP contribution in [0.15, 0.2) is 66.7 Å². The monoisotopic (exact) mass is 549 g/mol. The topological polar surface area (TPSA) is 174 Å². The van der Waals surface area contributed by atoms with Crippen molar-refractivity contribution in [2.45, 2.75) is 32.4 Å². The highest BCUT2D eigenvalue weighted by atomic mass is 16.5. The number of carbonyl (C=O) groups excluding carboxylic acids is 4. The summed E-state index contributed by atoms with van der Waals surface area (Å²) in [6.45, 7) is 2.50. The van der Waals surface area contributed by atoms with Gasteiger partial charge in [0.2, 0.25) is 11.8 Å². The molecule has 0 heterocycles. The average molecular weight is 550 g/mol. The molecule has 0 saturated carbocycles. The maximum absolute atomic E-state index is 13.0. The molecule has 0 aliphatic heterocycles. The van der Waals surface area contributed by atoms with Gasteiger partial charge in [-0.2, -0.15) is 0 Å². The number of Topliss-reactive ketones (excluding diaryl/α,β-unsaturated/α-hetero) is 1. The minimum Gasteiger partial charge on any atom is -0.486 e. The lowest BCUT2D eigenvalue weighted by molar-refractivity contribution is -0.141. The highest BCUT2D eigenvalue weighted by Gasteiger charge is 2.30. The number of amides is 3. The number of benzene rings is 3. The second-order valence-corrected chi connectivity index (χ2v) is 9.36. The number of ether oxygens (including phenoxy) is 2. The molecule has 11 heteroatoms. The number of carboxylic acid groups (broad SMARTS) is 1. The molecule has 0 radical (unpaired) electrons. The Kier molecular flexibility index (Phi) is 10.2. The van der Waals surface area contributed by atoms with Gasteiger partial charge in [-0.25, -0.2) is 0 Å². The van der Waals surface area contributed by atoms with E-state index >= 15 is 0 Å². The quantitative estimate of drug-likeness (QED) is 0.236. The van der Waals surface area contributed by atoms with Crippen LogP contribution in [0.5, 0.6) is 11.5 Å². The Morgan fingerprint density at radius 3 is 2.17 bits per heavy atom. The van der Waals surface area contributed by atoms with Crippen LogP contribution in [-0.2, 0) is 19.2 Å². The van der Waals surface area contributed by atoms with Crippen molar-refractivity contribution in [3.05, 3.63) is 72.3 Å². The third-order valence-electron chi connectivity index (χ3n) is 5.98. The summed E-state index contributed by atoms with van der Waals surface area (Å²) in [5.41, 5.74) is 5.44. The molecular formula is C29H31N3O8. The molecule has 5 N–H and O–H groups in total. The van der Waals surface area contributed by atoms with E-state index in [1.165, 1.54) is 24.3 Å². The summed E-state index contributed by atoms with van der Waals surface area (Å²) in [6.07, 6.45) is -0.683. The van der Waals surface area contributed by atoms with Crippen molar-refractivity contribution >= 4 is 40.2 Å². The highest BCUT2D eigenvalue weighted by molar-refractivity contribution is 5.96. The number of carboxylic acids is 1. The van der Waals surface area contributed by atoms with E-state index in [-0.39, 0.29) is 23.8 Å². The van der Waals surface area contributed by atoms with Crippen LogP contribution in [0.4, 0.5) is 0 Å². The SMILES string of the molecule is CC(C)[C@H](NC(=O)COc1cccc2ccccc12)C(=O)N[C@@H](CC(=O)O)C(=O)COc1ccc(C(N)=O)cc1. The molecule has 3 rings (SSSR count). The van der Waals surface area contributed by atoms with E-state index in [1.807, 2.05) is 30.3 Å². The number of fused-ring (bicyclic) bond motifs is 1. The average Bonchev–Trinajstić information content (AvgIpc) is 2.92. The molecule has 0 fully saturated rings. The van der Waals surface area contributed by atoms with Crippen molar-refractivity contribution in [1.82, 2.24) is 10.6 Å². The van der Waals surface area contributed by atoms with Crippen molar-refractivity contribution in [3.8, 4) is 11.5 Å². The van der Waals surface area contributed by atoms with Crippen LogP contribution >= 0.6 is 0 Å². The lowest BCUT2D eigenvalue weighted by atomic mass is 10.0. The number of ketones is 1. The summed E-state index contributed by atoms with van der Waals surface area (Å²) < 4.78 is 11.1. The summed E-state index contributed by atoms with van der Waals surface area (Å²) in [5.74, 6) is -3.54. The first-order valence-electron chi connectivity index (χ1n) is 12.5. The van der Waals surface area contributed by atoms with Gasteiger partial charge in [-0.15, -0.1) is 0 Å². The number of nitrogens with one attached hydrogen (secondary N) is 2. The number of aliphatic carboxylic acids is 1. The molecule has 2 atom stereocenters. The molecule has 0 aromatic heterocycles. The third kappa shape index (κ3) is 8.29. The minimum atomic E-state index is -1.40. The molecule has 0 aliphatic rings. The maximum atomic E-state index is 13.0. The minimum absolute atomic E-state index is 0.247. The Morgan fingerprint density at radius 2 is 1.52 bits per heavy atom. The Hall–Kier alpha value is -4.93. The van der Waals surface area contributed by atoms with E-state index in [0.717, 1.165) is 10.8 Å². The van der Waals surface area contributed by atoms with E-state index in [9.17, 15) is 29.1 Å². The van der Waals surface area contributed by atoms with E-state index in [4.69, 9.17) is 15.2 Å². The van der Waals surface area contributed by atoms with Gasteiger partial charge in [0, 0.05) is 10.9 Å².